The maximum absolute atomic E-state index is 13.6. The minimum absolute atomic E-state index is 0.118. The van der Waals surface area contributed by atoms with E-state index in [2.05, 4.69) is 16.4 Å². The van der Waals surface area contributed by atoms with Crippen LogP contribution in [0.1, 0.15) is 16.8 Å². The Morgan fingerprint density at radius 2 is 1.52 bits per heavy atom. The standard InChI is InChI=1S/C20H16F6N2Si/c1-29(2,3)9-8-16-11-27-18-17(20(24,25)26)10-14(12-28(16)18)13-4-6-15(7-5-13)19(21,22)23/h4-7,10-12H,1-3H3. The summed E-state index contributed by atoms with van der Waals surface area (Å²) in [5.74, 6) is 2.89. The Morgan fingerprint density at radius 1 is 0.897 bits per heavy atom. The van der Waals surface area contributed by atoms with Crippen molar-refractivity contribution in [2.45, 2.75) is 32.0 Å². The number of nitrogens with zero attached hydrogens (tertiary/aromatic N) is 2. The smallest absolute Gasteiger partial charge is 0.292 e. The van der Waals surface area contributed by atoms with E-state index in [4.69, 9.17) is 0 Å². The number of benzene rings is 1. The van der Waals surface area contributed by atoms with E-state index in [0.717, 1.165) is 30.3 Å². The fourth-order valence-electron chi connectivity index (χ4n) is 2.65. The molecule has 0 saturated heterocycles. The van der Waals surface area contributed by atoms with Crippen LogP contribution in [-0.2, 0) is 12.4 Å². The molecule has 1 aromatic carbocycles. The van der Waals surface area contributed by atoms with Crippen molar-refractivity contribution in [2.75, 3.05) is 0 Å². The lowest BCUT2D eigenvalue weighted by Gasteiger charge is -2.13. The first-order valence-corrected chi connectivity index (χ1v) is 12.0. The molecule has 3 rings (SSSR count). The molecule has 0 aliphatic carbocycles. The highest BCUT2D eigenvalue weighted by Gasteiger charge is 2.35. The molecule has 0 radical (unpaired) electrons. The van der Waals surface area contributed by atoms with E-state index < -0.39 is 31.6 Å². The van der Waals surface area contributed by atoms with Gasteiger partial charge in [-0.15, -0.1) is 5.54 Å². The van der Waals surface area contributed by atoms with Gasteiger partial charge in [-0.05, 0) is 29.3 Å². The Bertz CT molecular complexity index is 1110. The number of fused-ring (bicyclic) bond motifs is 1. The molecule has 0 N–H and O–H groups in total. The second kappa shape index (κ2) is 6.95. The van der Waals surface area contributed by atoms with Gasteiger partial charge in [0.1, 0.15) is 19.4 Å². The number of hydrogen-bond donors (Lipinski definition) is 0. The Hall–Kier alpha value is -2.73. The molecule has 0 saturated carbocycles. The molecule has 152 valence electrons. The minimum atomic E-state index is -4.68. The number of aromatic nitrogens is 2. The molecule has 2 nitrogen and oxygen atoms in total. The summed E-state index contributed by atoms with van der Waals surface area (Å²) < 4.78 is 80.3. The van der Waals surface area contributed by atoms with Crippen LogP contribution in [0.5, 0.6) is 0 Å². The third-order valence-electron chi connectivity index (χ3n) is 4.02. The number of hydrogen-bond acceptors (Lipinski definition) is 1. The first-order valence-electron chi connectivity index (χ1n) is 8.55. The monoisotopic (exact) mass is 426 g/mol. The van der Waals surface area contributed by atoms with E-state index >= 15 is 0 Å². The quantitative estimate of drug-likeness (QED) is 0.255. The van der Waals surface area contributed by atoms with E-state index in [0.29, 0.717) is 5.69 Å². The van der Waals surface area contributed by atoms with Crippen LogP contribution >= 0.6 is 0 Å². The van der Waals surface area contributed by atoms with E-state index in [1.54, 1.807) is 0 Å². The van der Waals surface area contributed by atoms with Gasteiger partial charge in [0.15, 0.2) is 0 Å². The van der Waals surface area contributed by atoms with Crippen molar-refractivity contribution in [3.05, 3.63) is 59.5 Å². The van der Waals surface area contributed by atoms with Crippen molar-refractivity contribution in [2.24, 2.45) is 0 Å². The summed E-state index contributed by atoms with van der Waals surface area (Å²) in [5, 5.41) is 0. The molecule has 0 amide bonds. The third-order valence-corrected chi connectivity index (χ3v) is 4.90. The summed E-state index contributed by atoms with van der Waals surface area (Å²) >= 11 is 0. The fraction of sp³-hybridized carbons (Fsp3) is 0.250. The van der Waals surface area contributed by atoms with Crippen molar-refractivity contribution in [1.29, 1.82) is 0 Å². The maximum atomic E-state index is 13.6. The molecule has 0 bridgehead atoms. The van der Waals surface area contributed by atoms with Crippen molar-refractivity contribution in [3.63, 3.8) is 0 Å². The highest BCUT2D eigenvalue weighted by Crippen LogP contribution is 2.36. The Morgan fingerprint density at radius 3 is 2.03 bits per heavy atom. The SMILES string of the molecule is C[Si](C)(C)C#Cc1cnc2c(C(F)(F)F)cc(-c3ccc(C(F)(F)F)cc3)cn12. The number of rotatable bonds is 1. The predicted molar refractivity (Wildman–Crippen MR) is 101 cm³/mol. The normalized spacial score (nSPS) is 12.7. The van der Waals surface area contributed by atoms with Crippen LogP contribution in [0.2, 0.25) is 19.6 Å². The zero-order valence-corrected chi connectivity index (χ0v) is 16.7. The van der Waals surface area contributed by atoms with E-state index in [-0.39, 0.29) is 16.8 Å². The Labute approximate surface area is 164 Å². The molecule has 0 spiro atoms. The van der Waals surface area contributed by atoms with E-state index in [1.165, 1.54) is 16.8 Å². The first kappa shape index (κ1) is 21.0. The van der Waals surface area contributed by atoms with Gasteiger partial charge < -0.3 is 0 Å². The van der Waals surface area contributed by atoms with Gasteiger partial charge in [-0.25, -0.2) is 4.98 Å². The van der Waals surface area contributed by atoms with Crippen molar-refractivity contribution < 1.29 is 26.3 Å². The van der Waals surface area contributed by atoms with Gasteiger partial charge in [-0.2, -0.15) is 26.3 Å². The molecule has 0 atom stereocenters. The van der Waals surface area contributed by atoms with Gasteiger partial charge in [0.25, 0.3) is 0 Å². The summed E-state index contributed by atoms with van der Waals surface area (Å²) in [6.07, 6.45) is -6.52. The van der Waals surface area contributed by atoms with Crippen molar-refractivity contribution >= 4 is 13.7 Å². The molecule has 0 fully saturated rings. The van der Waals surface area contributed by atoms with Gasteiger partial charge in [-0.1, -0.05) is 37.7 Å². The van der Waals surface area contributed by atoms with Crippen molar-refractivity contribution in [1.82, 2.24) is 9.38 Å². The molecule has 2 heterocycles. The fourth-order valence-corrected chi connectivity index (χ4v) is 3.15. The van der Waals surface area contributed by atoms with E-state index in [9.17, 15) is 26.3 Å². The van der Waals surface area contributed by atoms with Gasteiger partial charge in [-0.3, -0.25) is 4.40 Å². The molecular formula is C20H16F6N2Si. The zero-order valence-electron chi connectivity index (χ0n) is 15.7. The lowest BCUT2D eigenvalue weighted by Crippen LogP contribution is -2.16. The largest absolute Gasteiger partial charge is 0.420 e. The number of imidazole rings is 1. The molecule has 0 aliphatic rings. The molecule has 0 unspecified atom stereocenters. The molecule has 0 aliphatic heterocycles. The van der Waals surface area contributed by atoms with Crippen molar-refractivity contribution in [3.8, 4) is 22.6 Å². The average molecular weight is 426 g/mol. The average Bonchev–Trinajstić information content (AvgIpc) is 3.00. The zero-order chi connectivity index (χ0) is 21.6. The second-order valence-corrected chi connectivity index (χ2v) is 12.3. The molecule has 29 heavy (non-hydrogen) atoms. The Kier molecular flexibility index (Phi) is 5.03. The van der Waals surface area contributed by atoms with Gasteiger partial charge in [0.05, 0.1) is 17.3 Å². The second-order valence-electron chi connectivity index (χ2n) is 7.55. The lowest BCUT2D eigenvalue weighted by molar-refractivity contribution is -0.138. The van der Waals surface area contributed by atoms with Crippen LogP contribution in [0.3, 0.4) is 0 Å². The molecule has 9 heteroatoms. The van der Waals surface area contributed by atoms with Crippen LogP contribution < -0.4 is 0 Å². The molecule has 2 aromatic heterocycles. The van der Waals surface area contributed by atoms with Gasteiger partial charge in [0, 0.05) is 6.20 Å². The lowest BCUT2D eigenvalue weighted by atomic mass is 10.0. The number of halogens is 6. The van der Waals surface area contributed by atoms with Crippen LogP contribution in [0.4, 0.5) is 26.3 Å². The van der Waals surface area contributed by atoms with Crippen LogP contribution in [0.15, 0.2) is 42.7 Å². The predicted octanol–water partition coefficient (Wildman–Crippen LogP) is 6.27. The number of alkyl halides is 6. The van der Waals surface area contributed by atoms with Gasteiger partial charge in [0.2, 0.25) is 0 Å². The van der Waals surface area contributed by atoms with Crippen LogP contribution in [0, 0.1) is 11.5 Å². The third kappa shape index (κ3) is 4.64. The maximum Gasteiger partial charge on any atom is 0.420 e. The highest BCUT2D eigenvalue weighted by atomic mass is 28.3. The van der Waals surface area contributed by atoms with Gasteiger partial charge >= 0.3 is 12.4 Å². The topological polar surface area (TPSA) is 17.3 Å². The highest BCUT2D eigenvalue weighted by molar-refractivity contribution is 6.83. The number of pyridine rings is 1. The minimum Gasteiger partial charge on any atom is -0.292 e. The molecule has 3 aromatic rings. The van der Waals surface area contributed by atoms with Crippen LogP contribution in [-0.4, -0.2) is 17.5 Å². The van der Waals surface area contributed by atoms with E-state index in [1.807, 2.05) is 19.6 Å². The Balaban J connectivity index is 2.21. The molecular weight excluding hydrogens is 410 g/mol. The first-order chi connectivity index (χ1) is 13.3. The summed E-state index contributed by atoms with van der Waals surface area (Å²) in [7, 11) is -1.78. The summed E-state index contributed by atoms with van der Waals surface area (Å²) in [5.41, 5.74) is 1.57. The van der Waals surface area contributed by atoms with Crippen LogP contribution in [0.25, 0.3) is 16.8 Å². The summed E-state index contributed by atoms with van der Waals surface area (Å²) in [4.78, 5) is 3.87. The summed E-state index contributed by atoms with van der Waals surface area (Å²) in [6.45, 7) is 5.99. The summed E-state index contributed by atoms with van der Waals surface area (Å²) in [6, 6.07) is 4.86.